The predicted molar refractivity (Wildman–Crippen MR) is 125 cm³/mol. The summed E-state index contributed by atoms with van der Waals surface area (Å²) in [4.78, 5) is 9.57. The zero-order valence-electron chi connectivity index (χ0n) is 18.5. The first-order valence-electron chi connectivity index (χ1n) is 11.3. The normalized spacial score (nSPS) is 19.0. The third kappa shape index (κ3) is 4.01. The summed E-state index contributed by atoms with van der Waals surface area (Å²) in [6.07, 6.45) is 7.41. The Morgan fingerprint density at radius 2 is 2.16 bits per heavy atom. The summed E-state index contributed by atoms with van der Waals surface area (Å²) in [5.74, 6) is 1.85. The molecule has 1 saturated heterocycles. The number of imidazole rings is 1. The van der Waals surface area contributed by atoms with E-state index >= 15 is 0 Å². The second-order valence-electron chi connectivity index (χ2n) is 8.49. The zero-order valence-corrected chi connectivity index (χ0v) is 18.5. The molecule has 2 unspecified atom stereocenters. The van der Waals surface area contributed by atoms with E-state index in [0.717, 1.165) is 59.1 Å². The lowest BCUT2D eigenvalue weighted by molar-refractivity contribution is 0.0883. The van der Waals surface area contributed by atoms with Crippen LogP contribution in [0.15, 0.2) is 36.8 Å². The smallest absolute Gasteiger partial charge is 0.162 e. The number of β-amino-alcohol motifs (C(OH)–C–C–N with tert-alkyl or cyclic N) is 1. The standard InChI is InChI=1S/C23H30N8O/c1-3-16-11-27-31-21(26-12-18-14-30-8-4-5-15(2)22(30)28-18)9-20(29-23(16)31)25-10-17-6-7-24-13-19(17)32/h4-5,8-9,11,14,17,19,24,26,32H,3,6-7,10,12-13H2,1-2H3,(H,25,29). The van der Waals surface area contributed by atoms with E-state index in [2.05, 4.69) is 45.4 Å². The molecule has 0 spiro atoms. The van der Waals surface area contributed by atoms with Crippen molar-refractivity contribution in [2.45, 2.75) is 39.3 Å². The van der Waals surface area contributed by atoms with Crippen LogP contribution in [0.5, 0.6) is 0 Å². The molecule has 5 rings (SSSR count). The van der Waals surface area contributed by atoms with Gasteiger partial charge in [0.15, 0.2) is 5.65 Å². The molecule has 4 N–H and O–H groups in total. The van der Waals surface area contributed by atoms with Crippen molar-refractivity contribution in [1.29, 1.82) is 0 Å². The largest absolute Gasteiger partial charge is 0.391 e. The molecule has 0 saturated carbocycles. The summed E-state index contributed by atoms with van der Waals surface area (Å²) in [5, 5.41) is 25.0. The number of anilines is 2. The average molecular weight is 435 g/mol. The monoisotopic (exact) mass is 434 g/mol. The number of pyridine rings is 1. The Morgan fingerprint density at radius 1 is 1.25 bits per heavy atom. The third-order valence-electron chi connectivity index (χ3n) is 6.24. The second-order valence-corrected chi connectivity index (χ2v) is 8.49. The summed E-state index contributed by atoms with van der Waals surface area (Å²) in [7, 11) is 0. The number of aryl methyl sites for hydroxylation is 2. The van der Waals surface area contributed by atoms with Gasteiger partial charge in [-0.15, -0.1) is 0 Å². The van der Waals surface area contributed by atoms with Gasteiger partial charge < -0.3 is 25.5 Å². The lowest BCUT2D eigenvalue weighted by Gasteiger charge is -2.28. The summed E-state index contributed by atoms with van der Waals surface area (Å²) in [5.41, 5.74) is 5.02. The number of nitrogens with one attached hydrogen (secondary N) is 3. The molecule has 4 aromatic rings. The highest BCUT2D eigenvalue weighted by Crippen LogP contribution is 2.22. The summed E-state index contributed by atoms with van der Waals surface area (Å²) in [6, 6.07) is 6.08. The van der Waals surface area contributed by atoms with Crippen LogP contribution in [0.4, 0.5) is 11.6 Å². The first kappa shape index (κ1) is 20.7. The summed E-state index contributed by atoms with van der Waals surface area (Å²) >= 11 is 0. The molecule has 0 aliphatic carbocycles. The fraction of sp³-hybridized carbons (Fsp3) is 0.435. The third-order valence-corrected chi connectivity index (χ3v) is 6.24. The lowest BCUT2D eigenvalue weighted by atomic mass is 9.95. The highest BCUT2D eigenvalue weighted by Gasteiger charge is 2.22. The maximum atomic E-state index is 10.3. The number of aliphatic hydroxyl groups excluding tert-OH is 1. The number of hydrogen-bond acceptors (Lipinski definition) is 7. The Labute approximate surface area is 186 Å². The molecule has 0 bridgehead atoms. The van der Waals surface area contributed by atoms with E-state index in [0.29, 0.717) is 19.6 Å². The molecule has 1 fully saturated rings. The van der Waals surface area contributed by atoms with Crippen molar-refractivity contribution in [3.63, 3.8) is 0 Å². The Balaban J connectivity index is 1.39. The highest BCUT2D eigenvalue weighted by molar-refractivity contribution is 5.60. The highest BCUT2D eigenvalue weighted by atomic mass is 16.3. The molecular formula is C23H30N8O. The Bertz CT molecular complexity index is 1230. The molecule has 168 valence electrons. The van der Waals surface area contributed by atoms with E-state index in [1.807, 2.05) is 35.2 Å². The van der Waals surface area contributed by atoms with Crippen LogP contribution in [0.2, 0.25) is 0 Å². The lowest BCUT2D eigenvalue weighted by Crippen LogP contribution is -2.43. The van der Waals surface area contributed by atoms with Crippen LogP contribution in [-0.4, -0.2) is 54.8 Å². The SMILES string of the molecule is CCc1cnn2c(NCc3cn4cccc(C)c4n3)cc(NCC3CCNCC3O)nc12. The fourth-order valence-corrected chi connectivity index (χ4v) is 4.32. The topological polar surface area (TPSA) is 104 Å². The van der Waals surface area contributed by atoms with Crippen LogP contribution >= 0.6 is 0 Å². The van der Waals surface area contributed by atoms with E-state index in [9.17, 15) is 5.11 Å². The Kier molecular flexibility index (Phi) is 5.67. The maximum absolute atomic E-state index is 10.3. The number of fused-ring (bicyclic) bond motifs is 2. The summed E-state index contributed by atoms with van der Waals surface area (Å²) < 4.78 is 3.90. The van der Waals surface area contributed by atoms with Crippen LogP contribution in [0, 0.1) is 12.8 Å². The van der Waals surface area contributed by atoms with Gasteiger partial charge in [0, 0.05) is 43.0 Å². The predicted octanol–water partition coefficient (Wildman–Crippen LogP) is 2.24. The van der Waals surface area contributed by atoms with E-state index < -0.39 is 0 Å². The first-order valence-corrected chi connectivity index (χ1v) is 11.3. The summed E-state index contributed by atoms with van der Waals surface area (Å²) in [6.45, 7) is 7.02. The van der Waals surface area contributed by atoms with E-state index in [1.165, 1.54) is 0 Å². The molecule has 0 amide bonds. The van der Waals surface area contributed by atoms with Crippen molar-refractivity contribution in [2.24, 2.45) is 5.92 Å². The Hall–Kier alpha value is -3.17. The van der Waals surface area contributed by atoms with E-state index in [-0.39, 0.29) is 12.0 Å². The fourth-order valence-electron chi connectivity index (χ4n) is 4.32. The van der Waals surface area contributed by atoms with Crippen LogP contribution in [0.3, 0.4) is 0 Å². The second kappa shape index (κ2) is 8.76. The molecule has 0 aromatic carbocycles. The van der Waals surface area contributed by atoms with Crippen molar-refractivity contribution in [3.05, 3.63) is 53.6 Å². The number of hydrogen-bond donors (Lipinski definition) is 4. The van der Waals surface area contributed by atoms with Crippen LogP contribution < -0.4 is 16.0 Å². The average Bonchev–Trinajstić information content (AvgIpc) is 3.41. The van der Waals surface area contributed by atoms with Crippen molar-refractivity contribution < 1.29 is 5.11 Å². The van der Waals surface area contributed by atoms with Crippen molar-refractivity contribution in [2.75, 3.05) is 30.3 Å². The van der Waals surface area contributed by atoms with Gasteiger partial charge in [0.05, 0.1) is 24.5 Å². The number of rotatable bonds is 7. The molecule has 32 heavy (non-hydrogen) atoms. The minimum Gasteiger partial charge on any atom is -0.391 e. The quantitative estimate of drug-likeness (QED) is 0.354. The maximum Gasteiger partial charge on any atom is 0.162 e. The Morgan fingerprint density at radius 3 is 2.97 bits per heavy atom. The van der Waals surface area contributed by atoms with Gasteiger partial charge in [0.1, 0.15) is 17.3 Å². The first-order chi connectivity index (χ1) is 15.6. The van der Waals surface area contributed by atoms with Gasteiger partial charge in [-0.25, -0.2) is 9.97 Å². The van der Waals surface area contributed by atoms with Gasteiger partial charge in [0.25, 0.3) is 0 Å². The minimum atomic E-state index is -0.336. The molecule has 4 aromatic heterocycles. The van der Waals surface area contributed by atoms with Gasteiger partial charge >= 0.3 is 0 Å². The van der Waals surface area contributed by atoms with Gasteiger partial charge in [-0.3, -0.25) is 0 Å². The van der Waals surface area contributed by atoms with Gasteiger partial charge in [-0.05, 0) is 37.9 Å². The number of aromatic nitrogens is 5. The van der Waals surface area contributed by atoms with E-state index in [4.69, 9.17) is 9.97 Å². The number of piperidine rings is 1. The molecular weight excluding hydrogens is 404 g/mol. The van der Waals surface area contributed by atoms with Crippen molar-refractivity contribution >= 4 is 22.9 Å². The van der Waals surface area contributed by atoms with Crippen LogP contribution in [0.25, 0.3) is 11.3 Å². The molecule has 9 nitrogen and oxygen atoms in total. The zero-order chi connectivity index (χ0) is 22.1. The molecule has 9 heteroatoms. The number of nitrogens with zero attached hydrogens (tertiary/aromatic N) is 5. The molecule has 1 aliphatic heterocycles. The van der Waals surface area contributed by atoms with Gasteiger partial charge in [-0.1, -0.05) is 13.0 Å². The van der Waals surface area contributed by atoms with Gasteiger partial charge in [0.2, 0.25) is 0 Å². The van der Waals surface area contributed by atoms with Gasteiger partial charge in [-0.2, -0.15) is 9.61 Å². The minimum absolute atomic E-state index is 0.211. The number of aliphatic hydroxyl groups is 1. The molecule has 5 heterocycles. The molecule has 1 aliphatic rings. The van der Waals surface area contributed by atoms with Crippen LogP contribution in [-0.2, 0) is 13.0 Å². The van der Waals surface area contributed by atoms with E-state index in [1.54, 1.807) is 0 Å². The van der Waals surface area contributed by atoms with Crippen LogP contribution in [0.1, 0.15) is 30.2 Å². The molecule has 0 radical (unpaired) electrons. The molecule has 2 atom stereocenters. The van der Waals surface area contributed by atoms with Crippen molar-refractivity contribution in [1.82, 2.24) is 29.3 Å². The van der Waals surface area contributed by atoms with Crippen molar-refractivity contribution in [3.8, 4) is 0 Å².